The predicted molar refractivity (Wildman–Crippen MR) is 63.7 cm³/mol. The molecule has 1 aliphatic carbocycles. The first-order valence-electron chi connectivity index (χ1n) is 5.91. The first-order valence-corrected chi connectivity index (χ1v) is 5.91. The van der Waals surface area contributed by atoms with Crippen LogP contribution in [-0.4, -0.2) is 46.5 Å². The second-order valence-corrected chi connectivity index (χ2v) is 4.82. The normalized spacial score (nSPS) is 16.2. The van der Waals surface area contributed by atoms with Crippen molar-refractivity contribution in [2.75, 3.05) is 6.54 Å². The van der Waals surface area contributed by atoms with Gasteiger partial charge in [-0.2, -0.15) is 0 Å². The molecule has 1 fully saturated rings. The number of carboxylic acids is 1. The number of carbonyl (C=O) groups excluding carboxylic acids is 2. The Labute approximate surface area is 105 Å². The minimum atomic E-state index is -1.06. The molecule has 0 bridgehead atoms. The summed E-state index contributed by atoms with van der Waals surface area (Å²) in [7, 11) is 0. The molecule has 0 aromatic rings. The van der Waals surface area contributed by atoms with Gasteiger partial charge in [-0.3, -0.25) is 9.59 Å². The lowest BCUT2D eigenvalue weighted by molar-refractivity contribution is -0.146. The number of hydrogen-bond acceptors (Lipinski definition) is 3. The summed E-state index contributed by atoms with van der Waals surface area (Å²) in [6.45, 7) is 3.20. The summed E-state index contributed by atoms with van der Waals surface area (Å²) in [6.07, 6.45) is 1.61. The van der Waals surface area contributed by atoms with E-state index in [0.717, 1.165) is 12.8 Å². The Kier molecular flexibility index (Phi) is 4.52. The molecule has 0 saturated heterocycles. The Balaban J connectivity index is 2.77. The maximum absolute atomic E-state index is 12.2. The number of carboxylic acid groups (broad SMARTS) is 1. The van der Waals surface area contributed by atoms with Gasteiger partial charge in [0, 0.05) is 6.04 Å². The summed E-state index contributed by atoms with van der Waals surface area (Å²) in [5.74, 6) is -1.59. The fourth-order valence-corrected chi connectivity index (χ4v) is 1.76. The van der Waals surface area contributed by atoms with E-state index in [-0.39, 0.29) is 24.4 Å². The van der Waals surface area contributed by atoms with E-state index >= 15 is 0 Å². The van der Waals surface area contributed by atoms with E-state index in [9.17, 15) is 14.4 Å². The SMILES string of the molecule is CC(C)C(NC(N)=O)C(=O)N(CC(=O)O)C1CC1. The molecule has 3 amide bonds. The van der Waals surface area contributed by atoms with Crippen LogP contribution in [0.5, 0.6) is 0 Å². The summed E-state index contributed by atoms with van der Waals surface area (Å²) in [4.78, 5) is 35.2. The standard InChI is InChI=1S/C11H19N3O4/c1-6(2)9(13-11(12)18)10(17)14(5-8(15)16)7-3-4-7/h6-7,9H,3-5H2,1-2H3,(H,15,16)(H3,12,13,18). The molecule has 0 aromatic carbocycles. The van der Waals surface area contributed by atoms with Crippen LogP contribution in [0.2, 0.25) is 0 Å². The highest BCUT2D eigenvalue weighted by Crippen LogP contribution is 2.27. The molecule has 1 saturated carbocycles. The first kappa shape index (κ1) is 14.3. The maximum atomic E-state index is 12.2. The van der Waals surface area contributed by atoms with Crippen LogP contribution in [0.25, 0.3) is 0 Å². The van der Waals surface area contributed by atoms with Crippen LogP contribution in [0.15, 0.2) is 0 Å². The molecule has 7 heteroatoms. The molecule has 18 heavy (non-hydrogen) atoms. The van der Waals surface area contributed by atoms with Crippen molar-refractivity contribution < 1.29 is 19.5 Å². The average molecular weight is 257 g/mol. The van der Waals surface area contributed by atoms with Crippen molar-refractivity contribution in [1.29, 1.82) is 0 Å². The van der Waals surface area contributed by atoms with Gasteiger partial charge in [-0.15, -0.1) is 0 Å². The third-order valence-corrected chi connectivity index (χ3v) is 2.81. The monoisotopic (exact) mass is 257 g/mol. The molecular weight excluding hydrogens is 238 g/mol. The topological polar surface area (TPSA) is 113 Å². The van der Waals surface area contributed by atoms with Gasteiger partial charge in [0.15, 0.2) is 0 Å². The number of primary amides is 1. The number of nitrogens with two attached hydrogens (primary N) is 1. The van der Waals surface area contributed by atoms with Gasteiger partial charge >= 0.3 is 12.0 Å². The molecular formula is C11H19N3O4. The lowest BCUT2D eigenvalue weighted by Gasteiger charge is -2.28. The van der Waals surface area contributed by atoms with Crippen molar-refractivity contribution in [2.45, 2.75) is 38.8 Å². The minimum Gasteiger partial charge on any atom is -0.480 e. The Morgan fingerprint density at radius 1 is 1.39 bits per heavy atom. The van der Waals surface area contributed by atoms with Crippen LogP contribution in [0, 0.1) is 5.92 Å². The molecule has 1 rings (SSSR count). The lowest BCUT2D eigenvalue weighted by Crippen LogP contribution is -2.54. The van der Waals surface area contributed by atoms with Gasteiger partial charge in [-0.25, -0.2) is 4.79 Å². The number of hydrogen-bond donors (Lipinski definition) is 3. The van der Waals surface area contributed by atoms with Gasteiger partial charge in [-0.05, 0) is 18.8 Å². The number of urea groups is 1. The van der Waals surface area contributed by atoms with E-state index in [2.05, 4.69) is 5.32 Å². The number of nitrogens with one attached hydrogen (secondary N) is 1. The van der Waals surface area contributed by atoms with Crippen molar-refractivity contribution in [3.63, 3.8) is 0 Å². The fraction of sp³-hybridized carbons (Fsp3) is 0.727. The van der Waals surface area contributed by atoms with Gasteiger partial charge < -0.3 is 21.1 Å². The molecule has 1 unspecified atom stereocenters. The van der Waals surface area contributed by atoms with Crippen LogP contribution >= 0.6 is 0 Å². The third kappa shape index (κ3) is 3.90. The second kappa shape index (κ2) is 5.70. The number of aliphatic carboxylic acids is 1. The Morgan fingerprint density at radius 3 is 2.28 bits per heavy atom. The highest BCUT2D eigenvalue weighted by atomic mass is 16.4. The Bertz CT molecular complexity index is 328. The fourth-order valence-electron chi connectivity index (χ4n) is 1.76. The van der Waals surface area contributed by atoms with Crippen molar-refractivity contribution >= 4 is 17.9 Å². The average Bonchev–Trinajstić information content (AvgIpc) is 3.04. The maximum Gasteiger partial charge on any atom is 0.323 e. The molecule has 0 aliphatic heterocycles. The van der Waals surface area contributed by atoms with Gasteiger partial charge in [0.2, 0.25) is 5.91 Å². The van der Waals surface area contributed by atoms with Crippen LogP contribution in [0.3, 0.4) is 0 Å². The summed E-state index contributed by atoms with van der Waals surface area (Å²) in [5.41, 5.74) is 5.02. The van der Waals surface area contributed by atoms with E-state index in [1.54, 1.807) is 13.8 Å². The quantitative estimate of drug-likeness (QED) is 0.609. The molecule has 0 radical (unpaired) electrons. The van der Waals surface area contributed by atoms with Crippen LogP contribution in [-0.2, 0) is 9.59 Å². The van der Waals surface area contributed by atoms with E-state index in [1.165, 1.54) is 4.90 Å². The Morgan fingerprint density at radius 2 is 1.94 bits per heavy atom. The molecule has 0 heterocycles. The zero-order chi connectivity index (χ0) is 13.9. The van der Waals surface area contributed by atoms with E-state index in [4.69, 9.17) is 10.8 Å². The first-order chi connectivity index (χ1) is 8.32. The van der Waals surface area contributed by atoms with Crippen molar-refractivity contribution in [1.82, 2.24) is 10.2 Å². The highest BCUT2D eigenvalue weighted by Gasteiger charge is 2.38. The summed E-state index contributed by atoms with van der Waals surface area (Å²) in [6, 6.07) is -1.58. The summed E-state index contributed by atoms with van der Waals surface area (Å²) >= 11 is 0. The smallest absolute Gasteiger partial charge is 0.323 e. The number of rotatable bonds is 6. The van der Waals surface area contributed by atoms with Gasteiger partial charge in [0.25, 0.3) is 0 Å². The van der Waals surface area contributed by atoms with Crippen molar-refractivity contribution in [3.8, 4) is 0 Å². The zero-order valence-corrected chi connectivity index (χ0v) is 10.5. The predicted octanol–water partition coefficient (Wildman–Crippen LogP) is -0.245. The Hall–Kier alpha value is -1.79. The van der Waals surface area contributed by atoms with Crippen LogP contribution < -0.4 is 11.1 Å². The van der Waals surface area contributed by atoms with E-state index < -0.39 is 18.0 Å². The molecule has 0 aromatic heterocycles. The van der Waals surface area contributed by atoms with Crippen molar-refractivity contribution in [3.05, 3.63) is 0 Å². The molecule has 102 valence electrons. The molecule has 7 nitrogen and oxygen atoms in total. The van der Waals surface area contributed by atoms with E-state index in [0.29, 0.717) is 0 Å². The molecule has 1 atom stereocenters. The minimum absolute atomic E-state index is 0.0236. The van der Waals surface area contributed by atoms with Gasteiger partial charge in [-0.1, -0.05) is 13.8 Å². The summed E-state index contributed by atoms with van der Waals surface area (Å²) < 4.78 is 0. The number of nitrogens with zero attached hydrogens (tertiary/aromatic N) is 1. The third-order valence-electron chi connectivity index (χ3n) is 2.81. The van der Waals surface area contributed by atoms with Crippen LogP contribution in [0.4, 0.5) is 4.79 Å². The zero-order valence-electron chi connectivity index (χ0n) is 10.5. The largest absolute Gasteiger partial charge is 0.480 e. The second-order valence-electron chi connectivity index (χ2n) is 4.82. The van der Waals surface area contributed by atoms with Crippen LogP contribution in [0.1, 0.15) is 26.7 Å². The highest BCUT2D eigenvalue weighted by molar-refractivity contribution is 5.89. The number of amides is 3. The summed E-state index contributed by atoms with van der Waals surface area (Å²) in [5, 5.41) is 11.2. The van der Waals surface area contributed by atoms with E-state index in [1.807, 2.05) is 0 Å². The van der Waals surface area contributed by atoms with Gasteiger partial charge in [0.1, 0.15) is 12.6 Å². The van der Waals surface area contributed by atoms with Crippen molar-refractivity contribution in [2.24, 2.45) is 11.7 Å². The van der Waals surface area contributed by atoms with Gasteiger partial charge in [0.05, 0.1) is 0 Å². The lowest BCUT2D eigenvalue weighted by atomic mass is 10.0. The molecule has 1 aliphatic rings. The molecule has 4 N–H and O–H groups in total. The molecule has 0 spiro atoms. The number of carbonyl (C=O) groups is 3.